The number of nitrogens with one attached hydrogen (secondary N) is 1. The first-order valence-electron chi connectivity index (χ1n) is 12.4. The normalized spacial score (nSPS) is 16.2. The Hall–Kier alpha value is -4.34. The van der Waals surface area contributed by atoms with Gasteiger partial charge >= 0.3 is 6.03 Å². The minimum absolute atomic E-state index is 0.0844. The fraction of sp³-hybridized carbons (Fsp3) is 0.241. The summed E-state index contributed by atoms with van der Waals surface area (Å²) in [7, 11) is 0. The van der Waals surface area contributed by atoms with Crippen LogP contribution in [0.1, 0.15) is 31.8 Å². The quantitative estimate of drug-likeness (QED) is 0.240. The van der Waals surface area contributed by atoms with Crippen LogP contribution in [-0.4, -0.2) is 73.1 Å². The van der Waals surface area contributed by atoms with Gasteiger partial charge in [-0.05, 0) is 23.3 Å². The number of imide groups is 2. The highest BCUT2D eigenvalue weighted by molar-refractivity contribution is 6.21. The number of hydrogen-bond donors (Lipinski definition) is 1. The largest absolute Gasteiger partial charge is 0.377 e. The summed E-state index contributed by atoms with van der Waals surface area (Å²) in [6.45, 7) is 1.02. The van der Waals surface area contributed by atoms with E-state index in [0.29, 0.717) is 22.3 Å². The van der Waals surface area contributed by atoms with E-state index in [9.17, 15) is 19.2 Å². The van der Waals surface area contributed by atoms with Gasteiger partial charge in [0.15, 0.2) is 5.54 Å². The highest BCUT2D eigenvalue weighted by atomic mass is 16.5. The molecular formula is C29H27N3O6. The molecule has 1 N–H and O–H groups in total. The molecule has 194 valence electrons. The van der Waals surface area contributed by atoms with Crippen molar-refractivity contribution >= 4 is 23.8 Å². The molecule has 0 aliphatic carbocycles. The summed E-state index contributed by atoms with van der Waals surface area (Å²) in [6, 6.07) is 24.6. The lowest BCUT2D eigenvalue weighted by Crippen LogP contribution is -2.45. The van der Waals surface area contributed by atoms with Crippen molar-refractivity contribution in [3.63, 3.8) is 0 Å². The smallest absolute Gasteiger partial charge is 0.325 e. The van der Waals surface area contributed by atoms with Crippen LogP contribution in [0.3, 0.4) is 0 Å². The van der Waals surface area contributed by atoms with Crippen molar-refractivity contribution < 1.29 is 28.7 Å². The molecule has 3 aromatic carbocycles. The van der Waals surface area contributed by atoms with Gasteiger partial charge in [-0.25, -0.2) is 4.79 Å². The zero-order chi connectivity index (χ0) is 26.5. The summed E-state index contributed by atoms with van der Waals surface area (Å²) in [4.78, 5) is 53.6. The molecular weight excluding hydrogens is 486 g/mol. The van der Waals surface area contributed by atoms with Gasteiger partial charge in [0.1, 0.15) is 0 Å². The molecule has 0 radical (unpaired) electrons. The van der Waals surface area contributed by atoms with Crippen molar-refractivity contribution in [3.8, 4) is 0 Å². The van der Waals surface area contributed by atoms with Crippen molar-refractivity contribution in [2.45, 2.75) is 5.54 Å². The number of hydrogen-bond acceptors (Lipinski definition) is 6. The van der Waals surface area contributed by atoms with Crippen LogP contribution < -0.4 is 5.32 Å². The number of fused-ring (bicyclic) bond motifs is 1. The first-order chi connectivity index (χ1) is 18.5. The minimum atomic E-state index is -1.30. The molecule has 0 saturated carbocycles. The van der Waals surface area contributed by atoms with E-state index < -0.39 is 11.6 Å². The number of benzene rings is 3. The van der Waals surface area contributed by atoms with Crippen molar-refractivity contribution in [2.75, 3.05) is 39.5 Å². The molecule has 3 aromatic rings. The zero-order valence-corrected chi connectivity index (χ0v) is 20.7. The maximum Gasteiger partial charge on any atom is 0.325 e. The standard InChI is InChI=1S/C29H27N3O6/c33-25-23-13-7-8-14-24(23)26(34)31(25)15-17-37-19-20-38-18-16-32-27(35)29(30-28(32)36,21-9-3-1-4-10-21)22-11-5-2-6-12-22/h1-14H,15-20H2,(H,30,36). The second kappa shape index (κ2) is 11.0. The number of rotatable bonds is 11. The Bertz CT molecular complexity index is 1270. The Morgan fingerprint density at radius 3 is 1.53 bits per heavy atom. The second-order valence-corrected chi connectivity index (χ2v) is 8.90. The van der Waals surface area contributed by atoms with Gasteiger partial charge in [0, 0.05) is 0 Å². The fourth-order valence-electron chi connectivity index (χ4n) is 4.79. The second-order valence-electron chi connectivity index (χ2n) is 8.90. The summed E-state index contributed by atoms with van der Waals surface area (Å²) in [5.74, 6) is -0.997. The summed E-state index contributed by atoms with van der Waals surface area (Å²) in [5, 5.41) is 2.91. The Morgan fingerprint density at radius 2 is 1.03 bits per heavy atom. The number of carbonyl (C=O) groups excluding carboxylic acids is 4. The molecule has 9 heteroatoms. The van der Waals surface area contributed by atoms with Crippen LogP contribution in [0.4, 0.5) is 4.79 Å². The predicted molar refractivity (Wildman–Crippen MR) is 137 cm³/mol. The summed E-state index contributed by atoms with van der Waals surface area (Å²) in [6.07, 6.45) is 0. The van der Waals surface area contributed by atoms with Crippen molar-refractivity contribution in [3.05, 3.63) is 107 Å². The Labute approximate surface area is 219 Å². The molecule has 1 saturated heterocycles. The Kier molecular flexibility index (Phi) is 7.30. The molecule has 2 aliphatic rings. The Balaban J connectivity index is 1.09. The number of amides is 5. The van der Waals surface area contributed by atoms with Gasteiger partial charge in [-0.2, -0.15) is 0 Å². The Morgan fingerprint density at radius 1 is 0.579 bits per heavy atom. The highest BCUT2D eigenvalue weighted by Gasteiger charge is 2.53. The van der Waals surface area contributed by atoms with Crippen LogP contribution in [0.2, 0.25) is 0 Å². The molecule has 0 atom stereocenters. The minimum Gasteiger partial charge on any atom is -0.377 e. The average Bonchev–Trinajstić information content (AvgIpc) is 3.36. The number of carbonyl (C=O) groups is 4. The van der Waals surface area contributed by atoms with Gasteiger partial charge in [-0.15, -0.1) is 0 Å². The van der Waals surface area contributed by atoms with Gasteiger partial charge in [-0.3, -0.25) is 24.2 Å². The van der Waals surface area contributed by atoms with Crippen molar-refractivity contribution in [1.82, 2.24) is 15.1 Å². The first-order valence-corrected chi connectivity index (χ1v) is 12.4. The fourth-order valence-corrected chi connectivity index (χ4v) is 4.79. The molecule has 0 aromatic heterocycles. The lowest BCUT2D eigenvalue weighted by molar-refractivity contribution is -0.130. The highest BCUT2D eigenvalue weighted by Crippen LogP contribution is 2.35. The van der Waals surface area contributed by atoms with E-state index in [4.69, 9.17) is 9.47 Å². The van der Waals surface area contributed by atoms with Gasteiger partial charge in [0.25, 0.3) is 17.7 Å². The lowest BCUT2D eigenvalue weighted by atomic mass is 9.82. The third kappa shape index (κ3) is 4.57. The van der Waals surface area contributed by atoms with E-state index in [1.165, 1.54) is 9.80 Å². The molecule has 0 spiro atoms. The third-order valence-electron chi connectivity index (χ3n) is 6.69. The van der Waals surface area contributed by atoms with Crippen LogP contribution in [-0.2, 0) is 19.8 Å². The lowest BCUT2D eigenvalue weighted by Gasteiger charge is -2.28. The number of nitrogens with zero attached hydrogens (tertiary/aromatic N) is 2. The molecule has 1 fully saturated rings. The monoisotopic (exact) mass is 513 g/mol. The SMILES string of the molecule is O=C1NC(c2ccccc2)(c2ccccc2)C(=O)N1CCOCCOCCN1C(=O)c2ccccc2C1=O. The predicted octanol–water partition coefficient (Wildman–Crippen LogP) is 2.81. The van der Waals surface area contributed by atoms with Gasteiger partial charge in [-0.1, -0.05) is 72.8 Å². The first kappa shape index (κ1) is 25.3. The van der Waals surface area contributed by atoms with Crippen LogP contribution in [0.25, 0.3) is 0 Å². The molecule has 0 unspecified atom stereocenters. The molecule has 5 rings (SSSR count). The molecule has 38 heavy (non-hydrogen) atoms. The van der Waals surface area contributed by atoms with E-state index in [1.807, 2.05) is 60.7 Å². The van der Waals surface area contributed by atoms with Crippen LogP contribution >= 0.6 is 0 Å². The number of ether oxygens (including phenoxy) is 2. The zero-order valence-electron chi connectivity index (χ0n) is 20.7. The van der Waals surface area contributed by atoms with E-state index in [0.717, 1.165) is 0 Å². The summed E-state index contributed by atoms with van der Waals surface area (Å²) in [5.41, 5.74) is 0.876. The molecule has 2 heterocycles. The third-order valence-corrected chi connectivity index (χ3v) is 6.69. The maximum absolute atomic E-state index is 13.6. The van der Waals surface area contributed by atoms with E-state index >= 15 is 0 Å². The topological polar surface area (TPSA) is 105 Å². The maximum atomic E-state index is 13.6. The van der Waals surface area contributed by atoms with Gasteiger partial charge < -0.3 is 14.8 Å². The van der Waals surface area contributed by atoms with Crippen LogP contribution in [0, 0.1) is 0 Å². The molecule has 9 nitrogen and oxygen atoms in total. The summed E-state index contributed by atoms with van der Waals surface area (Å²) >= 11 is 0. The van der Waals surface area contributed by atoms with Crippen molar-refractivity contribution in [1.29, 1.82) is 0 Å². The van der Waals surface area contributed by atoms with Crippen LogP contribution in [0.15, 0.2) is 84.9 Å². The van der Waals surface area contributed by atoms with E-state index in [1.54, 1.807) is 24.3 Å². The molecule has 0 bridgehead atoms. The van der Waals surface area contributed by atoms with Crippen LogP contribution in [0.5, 0.6) is 0 Å². The van der Waals surface area contributed by atoms with Gasteiger partial charge in [0.2, 0.25) is 0 Å². The van der Waals surface area contributed by atoms with Gasteiger partial charge in [0.05, 0.1) is 50.6 Å². The van der Waals surface area contributed by atoms with Crippen molar-refractivity contribution in [2.24, 2.45) is 0 Å². The van der Waals surface area contributed by atoms with E-state index in [-0.39, 0.29) is 57.2 Å². The van der Waals surface area contributed by atoms with E-state index in [2.05, 4.69) is 5.32 Å². The molecule has 2 aliphatic heterocycles. The molecule has 5 amide bonds. The summed E-state index contributed by atoms with van der Waals surface area (Å²) < 4.78 is 11.1. The average molecular weight is 514 g/mol. The number of urea groups is 1.